The average molecular weight is 261 g/mol. The fraction of sp³-hybridized carbons (Fsp3) is 0.455. The number of sulfonamides is 1. The number of hydrogen-bond donors (Lipinski definition) is 1. The summed E-state index contributed by atoms with van der Waals surface area (Å²) in [4.78, 5) is 0.00271. The Morgan fingerprint density at radius 2 is 1.76 bits per heavy atom. The number of aliphatic hydroxyl groups excluding tert-OH is 1. The van der Waals surface area contributed by atoms with Gasteiger partial charge in [0.25, 0.3) is 0 Å². The second-order valence-electron chi connectivity index (χ2n) is 4.40. The second-order valence-corrected chi connectivity index (χ2v) is 6.37. The first-order chi connectivity index (χ1) is 7.71. The van der Waals surface area contributed by atoms with Crippen molar-refractivity contribution in [2.24, 2.45) is 0 Å². The summed E-state index contributed by atoms with van der Waals surface area (Å²) in [7, 11) is -2.34. The van der Waals surface area contributed by atoms with Gasteiger partial charge in [-0.25, -0.2) is 12.8 Å². The summed E-state index contributed by atoms with van der Waals surface area (Å²) >= 11 is 0. The molecule has 0 amide bonds. The highest BCUT2D eigenvalue weighted by atomic mass is 32.2. The largest absolute Gasteiger partial charge is 0.394 e. The van der Waals surface area contributed by atoms with Crippen molar-refractivity contribution in [2.75, 3.05) is 13.7 Å². The lowest BCUT2D eigenvalue weighted by Crippen LogP contribution is -2.47. The fourth-order valence-electron chi connectivity index (χ4n) is 1.19. The summed E-state index contributed by atoms with van der Waals surface area (Å²) in [6, 6.07) is 4.59. The minimum absolute atomic E-state index is 0.00271. The standard InChI is InChI=1S/C11H16FNO3S/c1-11(2,8-14)13(3)17(15,16)10-6-4-9(12)5-7-10/h4-7,14H,8H2,1-3H3. The quantitative estimate of drug-likeness (QED) is 0.886. The number of hydrogen-bond acceptors (Lipinski definition) is 3. The Hall–Kier alpha value is -0.980. The van der Waals surface area contributed by atoms with E-state index in [0.29, 0.717) is 0 Å². The van der Waals surface area contributed by atoms with E-state index in [4.69, 9.17) is 5.11 Å². The molecule has 1 rings (SSSR count). The Labute approximate surface area is 101 Å². The third kappa shape index (κ3) is 2.83. The topological polar surface area (TPSA) is 57.6 Å². The Morgan fingerprint density at radius 3 is 2.18 bits per heavy atom. The Balaban J connectivity index is 3.16. The van der Waals surface area contributed by atoms with Crippen molar-refractivity contribution in [3.8, 4) is 0 Å². The summed E-state index contributed by atoms with van der Waals surface area (Å²) in [5, 5.41) is 9.15. The van der Waals surface area contributed by atoms with Crippen LogP contribution in [0, 0.1) is 5.82 Å². The van der Waals surface area contributed by atoms with Gasteiger partial charge in [0.15, 0.2) is 0 Å². The van der Waals surface area contributed by atoms with Crippen molar-refractivity contribution in [3.05, 3.63) is 30.1 Å². The lowest BCUT2D eigenvalue weighted by Gasteiger charge is -2.32. The zero-order chi connectivity index (χ0) is 13.3. The molecule has 0 saturated heterocycles. The minimum atomic E-state index is -3.72. The lowest BCUT2D eigenvalue weighted by atomic mass is 10.1. The smallest absolute Gasteiger partial charge is 0.243 e. The van der Waals surface area contributed by atoms with Gasteiger partial charge in [0.1, 0.15) is 5.82 Å². The molecular formula is C11H16FNO3S. The highest BCUT2D eigenvalue weighted by molar-refractivity contribution is 7.89. The van der Waals surface area contributed by atoms with E-state index in [0.717, 1.165) is 16.4 Å². The predicted molar refractivity (Wildman–Crippen MR) is 62.5 cm³/mol. The van der Waals surface area contributed by atoms with Gasteiger partial charge >= 0.3 is 0 Å². The third-order valence-corrected chi connectivity index (χ3v) is 4.79. The van der Waals surface area contributed by atoms with Crippen molar-refractivity contribution in [1.82, 2.24) is 4.31 Å². The van der Waals surface area contributed by atoms with Gasteiger partial charge in [0.05, 0.1) is 17.0 Å². The van der Waals surface area contributed by atoms with Gasteiger partial charge in [0, 0.05) is 7.05 Å². The number of rotatable bonds is 4. The SMILES string of the molecule is CN(C(C)(C)CO)S(=O)(=O)c1ccc(F)cc1. The van der Waals surface area contributed by atoms with Crippen LogP contribution in [0.4, 0.5) is 4.39 Å². The maximum absolute atomic E-state index is 12.7. The molecule has 0 atom stereocenters. The molecule has 0 aromatic heterocycles. The van der Waals surface area contributed by atoms with E-state index >= 15 is 0 Å². The van der Waals surface area contributed by atoms with E-state index in [-0.39, 0.29) is 11.5 Å². The Bertz CT molecular complexity index is 482. The molecule has 0 aliphatic carbocycles. The minimum Gasteiger partial charge on any atom is -0.394 e. The predicted octanol–water partition coefficient (Wildman–Crippen LogP) is 1.22. The zero-order valence-electron chi connectivity index (χ0n) is 10.0. The zero-order valence-corrected chi connectivity index (χ0v) is 10.8. The van der Waals surface area contributed by atoms with Gasteiger partial charge in [-0.15, -0.1) is 0 Å². The first-order valence-electron chi connectivity index (χ1n) is 5.07. The van der Waals surface area contributed by atoms with E-state index in [9.17, 15) is 12.8 Å². The molecule has 1 N–H and O–H groups in total. The van der Waals surface area contributed by atoms with Crippen LogP contribution in [0.25, 0.3) is 0 Å². The number of halogens is 1. The van der Waals surface area contributed by atoms with Gasteiger partial charge in [-0.3, -0.25) is 0 Å². The van der Waals surface area contributed by atoms with E-state index in [2.05, 4.69) is 0 Å². The molecule has 0 aliphatic rings. The van der Waals surface area contributed by atoms with Gasteiger partial charge in [-0.05, 0) is 38.1 Å². The molecule has 0 heterocycles. The van der Waals surface area contributed by atoms with E-state index in [1.165, 1.54) is 19.2 Å². The number of likely N-dealkylation sites (N-methyl/N-ethyl adjacent to an activating group) is 1. The third-order valence-electron chi connectivity index (χ3n) is 2.71. The van der Waals surface area contributed by atoms with Gasteiger partial charge < -0.3 is 5.11 Å². The molecule has 1 aromatic carbocycles. The molecule has 0 aliphatic heterocycles. The molecule has 0 radical (unpaired) electrons. The van der Waals surface area contributed by atoms with Crippen LogP contribution >= 0.6 is 0 Å². The summed E-state index contributed by atoms with van der Waals surface area (Å²) in [5.74, 6) is -0.493. The average Bonchev–Trinajstić information content (AvgIpc) is 2.28. The molecule has 0 bridgehead atoms. The highest BCUT2D eigenvalue weighted by Crippen LogP contribution is 2.22. The highest BCUT2D eigenvalue weighted by Gasteiger charge is 2.33. The summed E-state index contributed by atoms with van der Waals surface area (Å²) in [5.41, 5.74) is -0.910. The monoisotopic (exact) mass is 261 g/mol. The van der Waals surface area contributed by atoms with E-state index in [1.54, 1.807) is 13.8 Å². The molecule has 0 fully saturated rings. The molecule has 0 spiro atoms. The first-order valence-corrected chi connectivity index (χ1v) is 6.51. The normalized spacial score (nSPS) is 13.1. The van der Waals surface area contributed by atoms with Gasteiger partial charge in [-0.2, -0.15) is 4.31 Å². The first kappa shape index (κ1) is 14.1. The van der Waals surface area contributed by atoms with Crippen LogP contribution < -0.4 is 0 Å². The van der Waals surface area contributed by atoms with Gasteiger partial charge in [-0.1, -0.05) is 0 Å². The summed E-state index contributed by atoms with van der Waals surface area (Å²) < 4.78 is 38.1. The van der Waals surface area contributed by atoms with Gasteiger partial charge in [0.2, 0.25) is 10.0 Å². The van der Waals surface area contributed by atoms with Crippen molar-refractivity contribution in [1.29, 1.82) is 0 Å². The summed E-state index contributed by atoms with van der Waals surface area (Å²) in [6.07, 6.45) is 0. The fourth-order valence-corrected chi connectivity index (χ4v) is 2.69. The van der Waals surface area contributed by atoms with Crippen LogP contribution in [0.2, 0.25) is 0 Å². The maximum Gasteiger partial charge on any atom is 0.243 e. The molecule has 4 nitrogen and oxygen atoms in total. The molecule has 0 saturated carbocycles. The maximum atomic E-state index is 12.7. The van der Waals surface area contributed by atoms with Crippen LogP contribution in [0.15, 0.2) is 29.2 Å². The molecule has 96 valence electrons. The van der Waals surface area contributed by atoms with Crippen LogP contribution in [-0.2, 0) is 10.0 Å². The van der Waals surface area contributed by atoms with E-state index in [1.807, 2.05) is 0 Å². The number of nitrogens with zero attached hydrogens (tertiary/aromatic N) is 1. The lowest BCUT2D eigenvalue weighted by molar-refractivity contribution is 0.138. The molecule has 0 unspecified atom stereocenters. The van der Waals surface area contributed by atoms with Crippen molar-refractivity contribution >= 4 is 10.0 Å². The molecular weight excluding hydrogens is 245 g/mol. The number of benzene rings is 1. The van der Waals surface area contributed by atoms with Crippen LogP contribution in [0.3, 0.4) is 0 Å². The molecule has 17 heavy (non-hydrogen) atoms. The second kappa shape index (κ2) is 4.72. The molecule has 1 aromatic rings. The Morgan fingerprint density at radius 1 is 1.29 bits per heavy atom. The van der Waals surface area contributed by atoms with E-state index < -0.39 is 21.4 Å². The molecule has 6 heteroatoms. The Kier molecular flexibility index (Phi) is 3.91. The van der Waals surface area contributed by atoms with Crippen molar-refractivity contribution < 1.29 is 17.9 Å². The van der Waals surface area contributed by atoms with Crippen molar-refractivity contribution in [3.63, 3.8) is 0 Å². The van der Waals surface area contributed by atoms with Crippen LogP contribution in [-0.4, -0.2) is 37.0 Å². The van der Waals surface area contributed by atoms with Crippen molar-refractivity contribution in [2.45, 2.75) is 24.3 Å². The van der Waals surface area contributed by atoms with Crippen LogP contribution in [0.5, 0.6) is 0 Å². The summed E-state index contributed by atoms with van der Waals surface area (Å²) in [6.45, 7) is 2.91. The number of aliphatic hydroxyl groups is 1. The van der Waals surface area contributed by atoms with Crippen LogP contribution in [0.1, 0.15) is 13.8 Å².